The van der Waals surface area contributed by atoms with E-state index in [9.17, 15) is 0 Å². The number of hydrogen-bond donors (Lipinski definition) is 1. The number of hydrogen-bond acceptors (Lipinski definition) is 2. The summed E-state index contributed by atoms with van der Waals surface area (Å²) in [6, 6.07) is 15.3. The van der Waals surface area contributed by atoms with E-state index in [4.69, 9.17) is 10.5 Å². The second-order valence-electron chi connectivity index (χ2n) is 7.54. The van der Waals surface area contributed by atoms with Gasteiger partial charge in [0, 0.05) is 5.92 Å². The van der Waals surface area contributed by atoms with Gasteiger partial charge in [0.1, 0.15) is 5.75 Å². The molecule has 0 heterocycles. The van der Waals surface area contributed by atoms with Crippen molar-refractivity contribution in [2.24, 2.45) is 5.73 Å². The Bertz CT molecular complexity index is 653. The third-order valence-corrected chi connectivity index (χ3v) is 4.58. The molecule has 2 aromatic rings. The molecule has 2 N–H and O–H groups in total. The summed E-state index contributed by atoms with van der Waals surface area (Å²) in [5.74, 6) is 1.27. The van der Waals surface area contributed by atoms with Gasteiger partial charge in [0.25, 0.3) is 0 Å². The average Bonchev–Trinajstić information content (AvgIpc) is 2.53. The van der Waals surface area contributed by atoms with E-state index in [-0.39, 0.29) is 5.41 Å². The van der Waals surface area contributed by atoms with Crippen molar-refractivity contribution in [3.8, 4) is 5.75 Å². The van der Waals surface area contributed by atoms with Gasteiger partial charge in [-0.2, -0.15) is 0 Å². The van der Waals surface area contributed by atoms with Crippen molar-refractivity contribution in [3.63, 3.8) is 0 Å². The summed E-state index contributed by atoms with van der Waals surface area (Å²) >= 11 is 0. The molecule has 0 bridgehead atoms. The fourth-order valence-electron chi connectivity index (χ4n) is 3.11. The van der Waals surface area contributed by atoms with Crippen LogP contribution in [-0.2, 0) is 11.8 Å². The largest absolute Gasteiger partial charge is 0.494 e. The van der Waals surface area contributed by atoms with Gasteiger partial charge in [-0.05, 0) is 66.6 Å². The summed E-state index contributed by atoms with van der Waals surface area (Å²) in [4.78, 5) is 0. The minimum absolute atomic E-state index is 0.192. The minimum Gasteiger partial charge on any atom is -0.494 e. The lowest BCUT2D eigenvalue weighted by Crippen LogP contribution is -2.16. The van der Waals surface area contributed by atoms with Gasteiger partial charge < -0.3 is 10.5 Å². The molecule has 0 fully saturated rings. The lowest BCUT2D eigenvalue weighted by Gasteiger charge is -2.21. The molecule has 0 saturated carbocycles. The molecule has 2 rings (SSSR count). The van der Waals surface area contributed by atoms with E-state index in [1.54, 1.807) is 0 Å². The van der Waals surface area contributed by atoms with Crippen LogP contribution in [0.3, 0.4) is 0 Å². The minimum atomic E-state index is 0.192. The molecule has 0 aromatic heterocycles. The van der Waals surface area contributed by atoms with Crippen LogP contribution in [-0.4, -0.2) is 13.2 Å². The second-order valence-corrected chi connectivity index (χ2v) is 7.54. The quantitative estimate of drug-likeness (QED) is 0.813. The van der Waals surface area contributed by atoms with Gasteiger partial charge >= 0.3 is 0 Å². The van der Waals surface area contributed by atoms with E-state index in [1.807, 2.05) is 6.92 Å². The fourth-order valence-corrected chi connectivity index (χ4v) is 3.11. The molecule has 0 aliphatic rings. The SMILES string of the molecule is CCOc1ccc(C(CN)Cc2ccc(C(C)(C)C)cc2)c(C)c1. The predicted molar refractivity (Wildman–Crippen MR) is 103 cm³/mol. The topological polar surface area (TPSA) is 35.2 Å². The molecule has 2 heteroatoms. The monoisotopic (exact) mass is 325 g/mol. The van der Waals surface area contributed by atoms with Crippen molar-refractivity contribution in [1.82, 2.24) is 0 Å². The van der Waals surface area contributed by atoms with Crippen LogP contribution in [0, 0.1) is 6.92 Å². The van der Waals surface area contributed by atoms with Crippen LogP contribution in [0.2, 0.25) is 0 Å². The van der Waals surface area contributed by atoms with E-state index in [0.29, 0.717) is 19.1 Å². The van der Waals surface area contributed by atoms with E-state index < -0.39 is 0 Å². The summed E-state index contributed by atoms with van der Waals surface area (Å²) < 4.78 is 5.59. The van der Waals surface area contributed by atoms with E-state index in [1.165, 1.54) is 22.3 Å². The summed E-state index contributed by atoms with van der Waals surface area (Å²) in [6.45, 7) is 12.2. The summed E-state index contributed by atoms with van der Waals surface area (Å²) in [5, 5.41) is 0. The molecule has 0 amide bonds. The van der Waals surface area contributed by atoms with E-state index >= 15 is 0 Å². The second kappa shape index (κ2) is 7.85. The lowest BCUT2D eigenvalue weighted by atomic mass is 9.85. The molecule has 0 radical (unpaired) electrons. The smallest absolute Gasteiger partial charge is 0.119 e. The fraction of sp³-hybridized carbons (Fsp3) is 0.455. The van der Waals surface area contributed by atoms with Crippen molar-refractivity contribution in [1.29, 1.82) is 0 Å². The molecule has 0 aliphatic heterocycles. The highest BCUT2D eigenvalue weighted by Gasteiger charge is 2.16. The highest BCUT2D eigenvalue weighted by molar-refractivity contribution is 5.38. The molecular formula is C22H31NO. The Kier molecular flexibility index (Phi) is 6.06. The molecular weight excluding hydrogens is 294 g/mol. The maximum absolute atomic E-state index is 6.09. The van der Waals surface area contributed by atoms with Gasteiger partial charge in [0.05, 0.1) is 6.61 Å². The molecule has 0 aliphatic carbocycles. The average molecular weight is 325 g/mol. The molecule has 24 heavy (non-hydrogen) atoms. The molecule has 2 nitrogen and oxygen atoms in total. The third kappa shape index (κ3) is 4.61. The molecule has 130 valence electrons. The Hall–Kier alpha value is -1.80. The van der Waals surface area contributed by atoms with Gasteiger partial charge in [0.15, 0.2) is 0 Å². The summed E-state index contributed by atoms with van der Waals surface area (Å²) in [5.41, 5.74) is 11.6. The number of benzene rings is 2. The third-order valence-electron chi connectivity index (χ3n) is 4.58. The van der Waals surface area contributed by atoms with Crippen LogP contribution >= 0.6 is 0 Å². The highest BCUT2D eigenvalue weighted by atomic mass is 16.5. The summed E-state index contributed by atoms with van der Waals surface area (Å²) in [6.07, 6.45) is 0.968. The zero-order valence-corrected chi connectivity index (χ0v) is 15.7. The Morgan fingerprint density at radius 3 is 2.21 bits per heavy atom. The van der Waals surface area contributed by atoms with Gasteiger partial charge in [-0.1, -0.05) is 51.1 Å². The van der Waals surface area contributed by atoms with Crippen molar-refractivity contribution in [2.75, 3.05) is 13.2 Å². The maximum atomic E-state index is 6.09. The van der Waals surface area contributed by atoms with E-state index in [2.05, 4.69) is 70.2 Å². The molecule has 1 unspecified atom stereocenters. The van der Waals surface area contributed by atoms with Gasteiger partial charge in [-0.15, -0.1) is 0 Å². The van der Waals surface area contributed by atoms with Crippen molar-refractivity contribution >= 4 is 0 Å². The van der Waals surface area contributed by atoms with Crippen molar-refractivity contribution in [3.05, 3.63) is 64.7 Å². The predicted octanol–water partition coefficient (Wildman–Crippen LogP) is 4.98. The number of rotatable bonds is 6. The first-order valence-electron chi connectivity index (χ1n) is 8.88. The van der Waals surface area contributed by atoms with Crippen LogP contribution in [0.4, 0.5) is 0 Å². The van der Waals surface area contributed by atoms with Crippen LogP contribution in [0.5, 0.6) is 5.75 Å². The first-order chi connectivity index (χ1) is 11.3. The molecule has 0 saturated heterocycles. The Morgan fingerprint density at radius 1 is 1.04 bits per heavy atom. The standard InChI is InChI=1S/C22H31NO/c1-6-24-20-11-12-21(16(2)13-20)18(15-23)14-17-7-9-19(10-8-17)22(3,4)5/h7-13,18H,6,14-15,23H2,1-5H3. The summed E-state index contributed by atoms with van der Waals surface area (Å²) in [7, 11) is 0. The number of ether oxygens (including phenoxy) is 1. The first-order valence-corrected chi connectivity index (χ1v) is 8.88. The van der Waals surface area contributed by atoms with E-state index in [0.717, 1.165) is 12.2 Å². The Balaban J connectivity index is 2.17. The number of nitrogens with two attached hydrogens (primary N) is 1. The first kappa shape index (κ1) is 18.5. The highest BCUT2D eigenvalue weighted by Crippen LogP contribution is 2.28. The van der Waals surface area contributed by atoms with Crippen LogP contribution < -0.4 is 10.5 Å². The lowest BCUT2D eigenvalue weighted by molar-refractivity contribution is 0.340. The van der Waals surface area contributed by atoms with Gasteiger partial charge in [-0.25, -0.2) is 0 Å². The van der Waals surface area contributed by atoms with Gasteiger partial charge in [-0.3, -0.25) is 0 Å². The molecule has 0 spiro atoms. The zero-order valence-electron chi connectivity index (χ0n) is 15.7. The Morgan fingerprint density at radius 2 is 1.71 bits per heavy atom. The van der Waals surface area contributed by atoms with Crippen molar-refractivity contribution < 1.29 is 4.74 Å². The van der Waals surface area contributed by atoms with Gasteiger partial charge in [0.2, 0.25) is 0 Å². The van der Waals surface area contributed by atoms with Crippen LogP contribution in [0.1, 0.15) is 55.9 Å². The molecule has 2 aromatic carbocycles. The van der Waals surface area contributed by atoms with Crippen LogP contribution in [0.15, 0.2) is 42.5 Å². The normalized spacial score (nSPS) is 12.9. The Labute approximate surface area is 147 Å². The van der Waals surface area contributed by atoms with Crippen molar-refractivity contribution in [2.45, 2.75) is 52.4 Å². The van der Waals surface area contributed by atoms with Crippen LogP contribution in [0.25, 0.3) is 0 Å². The molecule has 1 atom stereocenters. The number of aryl methyl sites for hydroxylation is 1. The zero-order chi connectivity index (χ0) is 17.7. The maximum Gasteiger partial charge on any atom is 0.119 e.